The van der Waals surface area contributed by atoms with Crippen molar-refractivity contribution in [2.45, 2.75) is 65.3 Å². The first-order chi connectivity index (χ1) is 24.7. The second kappa shape index (κ2) is 15.0. The summed E-state index contributed by atoms with van der Waals surface area (Å²) in [5, 5.41) is 13.8. The smallest absolute Gasteiger partial charge is 0.222 e. The molecule has 9 nitrogen and oxygen atoms in total. The van der Waals surface area contributed by atoms with Crippen LogP contribution in [-0.4, -0.2) is 56.8 Å². The van der Waals surface area contributed by atoms with Crippen molar-refractivity contribution in [3.8, 4) is 16.1 Å². The van der Waals surface area contributed by atoms with Gasteiger partial charge in [-0.25, -0.2) is 4.98 Å². The number of aryl methyl sites for hydroxylation is 2. The molecule has 1 N–H and O–H groups in total. The summed E-state index contributed by atoms with van der Waals surface area (Å²) >= 11 is 7.95. The molecule has 1 saturated heterocycles. The van der Waals surface area contributed by atoms with E-state index in [9.17, 15) is 9.59 Å². The highest BCUT2D eigenvalue weighted by molar-refractivity contribution is 7.59. The quantitative estimate of drug-likeness (QED) is 0.177. The SMILES string of the molecule is Cc1sc2c(c1C)C(c1ccc(Cl)cc1)=N[C@@H](CC(=O)NCCC1CCN(c3ccc(-c4ccc5c(c4)CC(=O)C5)cn3)CC1)c1nnc(C)n1-2.S. The molecule has 3 aromatic heterocycles. The van der Waals surface area contributed by atoms with Gasteiger partial charge in [0.2, 0.25) is 5.91 Å². The van der Waals surface area contributed by atoms with Crippen LogP contribution in [0.2, 0.25) is 5.02 Å². The van der Waals surface area contributed by atoms with Crippen LogP contribution in [0.15, 0.2) is 65.8 Å². The van der Waals surface area contributed by atoms with Gasteiger partial charge < -0.3 is 10.2 Å². The monoisotopic (exact) mass is 751 g/mol. The number of carbonyl (C=O) groups is 2. The summed E-state index contributed by atoms with van der Waals surface area (Å²) in [6, 6.07) is 17.8. The zero-order valence-electron chi connectivity index (χ0n) is 29.6. The Hall–Kier alpha value is -4.32. The van der Waals surface area contributed by atoms with Gasteiger partial charge in [0.1, 0.15) is 28.5 Å². The molecule has 1 atom stereocenters. The first-order valence-corrected chi connectivity index (χ1v) is 18.9. The Kier molecular flexibility index (Phi) is 10.4. The number of Topliss-reactive ketones (excluding diaryl/α,β-unsaturated/α-hetero) is 1. The Labute approximate surface area is 320 Å². The fourth-order valence-electron chi connectivity index (χ4n) is 7.62. The summed E-state index contributed by atoms with van der Waals surface area (Å²) in [6.07, 6.45) is 6.26. The lowest BCUT2D eigenvalue weighted by Crippen LogP contribution is -2.35. The number of amides is 1. The van der Waals surface area contributed by atoms with E-state index < -0.39 is 6.04 Å². The molecule has 5 heterocycles. The maximum Gasteiger partial charge on any atom is 0.222 e. The number of aliphatic imine (C=N–C) groups is 1. The van der Waals surface area contributed by atoms with Gasteiger partial charge in [-0.05, 0) is 92.5 Å². The number of rotatable bonds is 8. The minimum Gasteiger partial charge on any atom is -0.357 e. The lowest BCUT2D eigenvalue weighted by molar-refractivity contribution is -0.121. The Balaban J connectivity index is 0.00000420. The molecule has 0 radical (unpaired) electrons. The largest absolute Gasteiger partial charge is 0.357 e. The molecule has 12 heteroatoms. The van der Waals surface area contributed by atoms with Crippen molar-refractivity contribution >= 4 is 59.7 Å². The number of ketones is 1. The number of piperidine rings is 1. The molecule has 2 aromatic carbocycles. The number of aromatic nitrogens is 4. The highest BCUT2D eigenvalue weighted by Crippen LogP contribution is 2.39. The van der Waals surface area contributed by atoms with Gasteiger partial charge in [-0.1, -0.05) is 41.9 Å². The van der Waals surface area contributed by atoms with Gasteiger partial charge in [-0.3, -0.25) is 19.1 Å². The first kappa shape index (κ1) is 36.1. The van der Waals surface area contributed by atoms with E-state index in [4.69, 9.17) is 21.6 Å². The van der Waals surface area contributed by atoms with Gasteiger partial charge in [-0.15, -0.1) is 21.5 Å². The number of nitrogens with one attached hydrogen (secondary N) is 1. The predicted octanol–water partition coefficient (Wildman–Crippen LogP) is 7.46. The Morgan fingerprint density at radius 3 is 2.42 bits per heavy atom. The molecule has 8 rings (SSSR count). The second-order valence-corrected chi connectivity index (χ2v) is 15.6. The third-order valence-corrected chi connectivity index (χ3v) is 12.1. The third-order valence-electron chi connectivity index (χ3n) is 10.6. The standard InChI is InChI=1S/C40H40ClN7O2S.H2S/c1-23-24(2)51-40-37(23)38(27-6-9-32(41)10-7-27)44-34(39-46-45-25(3)48(39)40)21-36(50)42-15-12-26-13-16-47(17-14-26)35-11-8-30(22-43-35)28-4-5-29-19-33(49)20-31(29)18-28;/h4-11,18,22,26,34H,12-17,19-21H2,1-3H3,(H,42,50);1H2/t34-;/m0./s1. The van der Waals surface area contributed by atoms with Crippen molar-refractivity contribution in [3.05, 3.63) is 110 Å². The summed E-state index contributed by atoms with van der Waals surface area (Å²) in [6.45, 7) is 8.70. The lowest BCUT2D eigenvalue weighted by atomic mass is 9.93. The number of hydrogen-bond acceptors (Lipinski definition) is 8. The Morgan fingerprint density at radius 2 is 1.67 bits per heavy atom. The van der Waals surface area contributed by atoms with Gasteiger partial charge in [0, 0.05) is 65.3 Å². The van der Waals surface area contributed by atoms with Gasteiger partial charge in [0.15, 0.2) is 5.82 Å². The fraction of sp³-hybridized carbons (Fsp3) is 0.350. The zero-order valence-corrected chi connectivity index (χ0v) is 32.2. The van der Waals surface area contributed by atoms with Crippen LogP contribution in [-0.2, 0) is 22.4 Å². The maximum absolute atomic E-state index is 13.5. The van der Waals surface area contributed by atoms with Crippen molar-refractivity contribution < 1.29 is 9.59 Å². The number of pyridine rings is 1. The maximum atomic E-state index is 13.5. The minimum atomic E-state index is -0.481. The molecule has 1 fully saturated rings. The molecule has 0 spiro atoms. The van der Waals surface area contributed by atoms with Crippen LogP contribution in [0.3, 0.4) is 0 Å². The number of thiophene rings is 1. The van der Waals surface area contributed by atoms with Crippen LogP contribution in [0.25, 0.3) is 16.1 Å². The molecular formula is C40H42ClN7O2S2. The average Bonchev–Trinajstić information content (AvgIpc) is 3.77. The zero-order chi connectivity index (χ0) is 35.2. The Bertz CT molecular complexity index is 2170. The number of nitrogens with zero attached hydrogens (tertiary/aromatic N) is 6. The lowest BCUT2D eigenvalue weighted by Gasteiger charge is -2.33. The van der Waals surface area contributed by atoms with E-state index >= 15 is 0 Å². The molecular weight excluding hydrogens is 710 g/mol. The molecule has 268 valence electrons. The van der Waals surface area contributed by atoms with Crippen molar-refractivity contribution in [1.29, 1.82) is 0 Å². The molecule has 3 aliphatic rings. The van der Waals surface area contributed by atoms with Crippen molar-refractivity contribution in [1.82, 2.24) is 25.1 Å². The predicted molar refractivity (Wildman–Crippen MR) is 213 cm³/mol. The van der Waals surface area contributed by atoms with Crippen LogP contribution in [0.5, 0.6) is 0 Å². The third kappa shape index (κ3) is 7.06. The van der Waals surface area contributed by atoms with Crippen molar-refractivity contribution in [3.63, 3.8) is 0 Å². The summed E-state index contributed by atoms with van der Waals surface area (Å²) in [5.41, 5.74) is 8.50. The van der Waals surface area contributed by atoms with Gasteiger partial charge >= 0.3 is 0 Å². The van der Waals surface area contributed by atoms with E-state index in [0.717, 1.165) is 88.1 Å². The van der Waals surface area contributed by atoms with Crippen molar-refractivity contribution in [2.24, 2.45) is 10.9 Å². The van der Waals surface area contributed by atoms with Crippen LogP contribution in [0.4, 0.5) is 5.82 Å². The van der Waals surface area contributed by atoms with Gasteiger partial charge in [0.05, 0.1) is 12.1 Å². The van der Waals surface area contributed by atoms with Crippen LogP contribution < -0.4 is 10.2 Å². The molecule has 1 amide bonds. The summed E-state index contributed by atoms with van der Waals surface area (Å²) in [5.74, 6) is 3.25. The van der Waals surface area contributed by atoms with Crippen LogP contribution in [0.1, 0.15) is 76.1 Å². The molecule has 0 unspecified atom stereocenters. The molecule has 1 aliphatic carbocycles. The topological polar surface area (TPSA) is 105 Å². The number of hydrogen-bond donors (Lipinski definition) is 1. The highest BCUT2D eigenvalue weighted by atomic mass is 35.5. The fourth-order valence-corrected chi connectivity index (χ4v) is 8.96. The summed E-state index contributed by atoms with van der Waals surface area (Å²) < 4.78 is 2.08. The highest BCUT2D eigenvalue weighted by Gasteiger charge is 2.32. The van der Waals surface area contributed by atoms with E-state index in [2.05, 4.69) is 69.2 Å². The second-order valence-electron chi connectivity index (χ2n) is 14.0. The van der Waals surface area contributed by atoms with Gasteiger partial charge in [0.25, 0.3) is 0 Å². The van der Waals surface area contributed by atoms with E-state index in [1.54, 1.807) is 11.3 Å². The van der Waals surface area contributed by atoms with Crippen LogP contribution in [0, 0.1) is 26.7 Å². The number of carbonyl (C=O) groups excluding carboxylic acids is 2. The number of fused-ring (bicyclic) bond motifs is 4. The van der Waals surface area contributed by atoms with E-state index in [0.29, 0.717) is 41.9 Å². The molecule has 2 aliphatic heterocycles. The number of benzene rings is 2. The summed E-state index contributed by atoms with van der Waals surface area (Å²) in [7, 11) is 0. The van der Waals surface area contributed by atoms with E-state index in [1.165, 1.54) is 10.4 Å². The Morgan fingerprint density at radius 1 is 0.942 bits per heavy atom. The molecule has 5 aromatic rings. The number of anilines is 1. The molecule has 52 heavy (non-hydrogen) atoms. The van der Waals surface area contributed by atoms with E-state index in [1.807, 2.05) is 37.4 Å². The van der Waals surface area contributed by atoms with Gasteiger partial charge in [-0.2, -0.15) is 13.5 Å². The van der Waals surface area contributed by atoms with Crippen LogP contribution >= 0.6 is 36.4 Å². The van der Waals surface area contributed by atoms with Crippen molar-refractivity contribution in [2.75, 3.05) is 24.5 Å². The summed E-state index contributed by atoms with van der Waals surface area (Å²) in [4.78, 5) is 38.9. The van der Waals surface area contributed by atoms with E-state index in [-0.39, 0.29) is 25.8 Å². The molecule has 0 bridgehead atoms. The molecule has 0 saturated carbocycles. The first-order valence-electron chi connectivity index (χ1n) is 17.7. The normalized spacial score (nSPS) is 16.8. The number of halogens is 1. The average molecular weight is 752 g/mol. The minimum absolute atomic E-state index is 0.